The summed E-state index contributed by atoms with van der Waals surface area (Å²) in [6, 6.07) is 3.80. The molecule has 2 aliphatic heterocycles. The number of hydrogen-bond donors (Lipinski definition) is 1. The van der Waals surface area contributed by atoms with Gasteiger partial charge in [0, 0.05) is 62.3 Å². The molecule has 1 unspecified atom stereocenters. The summed E-state index contributed by atoms with van der Waals surface area (Å²) in [6.45, 7) is 5.84. The molecule has 1 aliphatic carbocycles. The van der Waals surface area contributed by atoms with Crippen molar-refractivity contribution >= 4 is 17.3 Å². The number of hydrogen-bond acceptors (Lipinski definition) is 7. The van der Waals surface area contributed by atoms with E-state index in [0.717, 1.165) is 44.2 Å². The second kappa shape index (κ2) is 8.59. The quantitative estimate of drug-likeness (QED) is 0.712. The predicted molar refractivity (Wildman–Crippen MR) is 121 cm³/mol. The van der Waals surface area contributed by atoms with Crippen molar-refractivity contribution < 1.29 is 9.13 Å². The maximum atomic E-state index is 15.1. The summed E-state index contributed by atoms with van der Waals surface area (Å²) >= 11 is 0. The molecule has 0 bridgehead atoms. The minimum absolute atomic E-state index is 0.290. The largest absolute Gasteiger partial charge is 0.397 e. The standard InChI is InChI=1S/C23H31FN6O/c1-28(14-16-2-3-16)18-4-5-30(15-18)22-11-20(24)19(10-21(22)25)17-12-26-23(27-13-17)29-6-8-31-9-7-29/h10-13,16,18H,2-9,14-15,25H2,1H3. The van der Waals surface area contributed by atoms with Gasteiger partial charge in [0.1, 0.15) is 5.82 Å². The van der Waals surface area contributed by atoms with Crippen LogP contribution in [0.4, 0.5) is 21.7 Å². The number of aromatic nitrogens is 2. The molecule has 3 aliphatic rings. The Labute approximate surface area is 183 Å². The number of nitrogen functional groups attached to an aromatic ring is 1. The lowest BCUT2D eigenvalue weighted by Gasteiger charge is -2.27. The van der Waals surface area contributed by atoms with Gasteiger partial charge in [-0.1, -0.05) is 0 Å². The highest BCUT2D eigenvalue weighted by Crippen LogP contribution is 2.35. The van der Waals surface area contributed by atoms with E-state index in [-0.39, 0.29) is 5.82 Å². The van der Waals surface area contributed by atoms with Crippen LogP contribution in [0.5, 0.6) is 0 Å². The van der Waals surface area contributed by atoms with Crippen molar-refractivity contribution in [2.75, 3.05) is 68.5 Å². The summed E-state index contributed by atoms with van der Waals surface area (Å²) < 4.78 is 20.5. The highest BCUT2D eigenvalue weighted by atomic mass is 19.1. The zero-order chi connectivity index (χ0) is 21.4. The number of ether oxygens (including phenoxy) is 1. The number of rotatable bonds is 6. The van der Waals surface area contributed by atoms with E-state index in [0.29, 0.717) is 42.0 Å². The third-order valence-corrected chi connectivity index (χ3v) is 6.73. The number of nitrogens with two attached hydrogens (primary N) is 1. The SMILES string of the molecule is CN(CC1CC1)C1CCN(c2cc(F)c(-c3cnc(N4CCOCC4)nc3)cc2N)C1. The van der Waals surface area contributed by atoms with Gasteiger partial charge >= 0.3 is 0 Å². The van der Waals surface area contributed by atoms with Crippen molar-refractivity contribution in [2.24, 2.45) is 5.92 Å². The molecule has 1 aromatic carbocycles. The molecule has 1 atom stereocenters. The van der Waals surface area contributed by atoms with Gasteiger partial charge in [-0.05, 0) is 44.4 Å². The van der Waals surface area contributed by atoms with Gasteiger partial charge in [-0.15, -0.1) is 0 Å². The van der Waals surface area contributed by atoms with Gasteiger partial charge in [0.05, 0.1) is 24.6 Å². The fourth-order valence-corrected chi connectivity index (χ4v) is 4.64. The zero-order valence-electron chi connectivity index (χ0n) is 18.1. The van der Waals surface area contributed by atoms with Gasteiger partial charge in [0.15, 0.2) is 0 Å². The van der Waals surface area contributed by atoms with E-state index in [1.54, 1.807) is 24.5 Å². The zero-order valence-corrected chi connectivity index (χ0v) is 18.1. The van der Waals surface area contributed by atoms with Crippen LogP contribution in [0.1, 0.15) is 19.3 Å². The summed E-state index contributed by atoms with van der Waals surface area (Å²) in [5.74, 6) is 1.23. The predicted octanol–water partition coefficient (Wildman–Crippen LogP) is 2.62. The molecule has 8 heteroatoms. The molecule has 2 saturated heterocycles. The maximum absolute atomic E-state index is 15.1. The summed E-state index contributed by atoms with van der Waals surface area (Å²) in [7, 11) is 2.21. The summed E-state index contributed by atoms with van der Waals surface area (Å²) in [6.07, 6.45) is 7.15. The van der Waals surface area contributed by atoms with E-state index in [9.17, 15) is 0 Å². The van der Waals surface area contributed by atoms with Gasteiger partial charge in [-0.2, -0.15) is 0 Å². The first-order valence-electron chi connectivity index (χ1n) is 11.3. The molecule has 7 nitrogen and oxygen atoms in total. The smallest absolute Gasteiger partial charge is 0.225 e. The van der Waals surface area contributed by atoms with E-state index < -0.39 is 0 Å². The van der Waals surface area contributed by atoms with Crippen LogP contribution in [0.25, 0.3) is 11.1 Å². The lowest BCUT2D eigenvalue weighted by molar-refractivity contribution is 0.122. The Balaban J connectivity index is 1.30. The highest BCUT2D eigenvalue weighted by Gasteiger charge is 2.31. The summed E-state index contributed by atoms with van der Waals surface area (Å²) in [5, 5.41) is 0. The summed E-state index contributed by atoms with van der Waals surface area (Å²) in [5.41, 5.74) is 8.84. The molecular weight excluding hydrogens is 395 g/mol. The molecular formula is C23H31FN6O. The lowest BCUT2D eigenvalue weighted by Crippen LogP contribution is -2.37. The number of benzene rings is 1. The van der Waals surface area contributed by atoms with E-state index in [1.165, 1.54) is 19.4 Å². The minimum Gasteiger partial charge on any atom is -0.397 e. The summed E-state index contributed by atoms with van der Waals surface area (Å²) in [4.78, 5) is 15.6. The van der Waals surface area contributed by atoms with Crippen LogP contribution in [0.3, 0.4) is 0 Å². The van der Waals surface area contributed by atoms with Crippen molar-refractivity contribution in [1.82, 2.24) is 14.9 Å². The third kappa shape index (κ3) is 4.45. The second-order valence-electron chi connectivity index (χ2n) is 9.03. The average Bonchev–Trinajstić information content (AvgIpc) is 3.47. The van der Waals surface area contributed by atoms with Crippen LogP contribution in [-0.2, 0) is 4.74 Å². The Morgan fingerprint density at radius 3 is 2.55 bits per heavy atom. The van der Waals surface area contributed by atoms with Crippen LogP contribution < -0.4 is 15.5 Å². The van der Waals surface area contributed by atoms with Crippen molar-refractivity contribution in [1.29, 1.82) is 0 Å². The Bertz CT molecular complexity index is 913. The first kappa shape index (κ1) is 20.5. The maximum Gasteiger partial charge on any atom is 0.225 e. The lowest BCUT2D eigenvalue weighted by atomic mass is 10.1. The van der Waals surface area contributed by atoms with Crippen LogP contribution in [0.15, 0.2) is 24.5 Å². The van der Waals surface area contributed by atoms with Gasteiger partial charge in [-0.3, -0.25) is 0 Å². The van der Waals surface area contributed by atoms with Gasteiger partial charge in [-0.25, -0.2) is 14.4 Å². The number of likely N-dealkylation sites (N-methyl/N-ethyl adjacent to an activating group) is 1. The molecule has 31 heavy (non-hydrogen) atoms. The van der Waals surface area contributed by atoms with Crippen molar-refractivity contribution in [2.45, 2.75) is 25.3 Å². The first-order valence-corrected chi connectivity index (χ1v) is 11.3. The Morgan fingerprint density at radius 2 is 1.84 bits per heavy atom. The van der Waals surface area contributed by atoms with Gasteiger partial charge < -0.3 is 25.2 Å². The number of anilines is 3. The van der Waals surface area contributed by atoms with E-state index in [1.807, 2.05) is 0 Å². The molecule has 1 aromatic heterocycles. The van der Waals surface area contributed by atoms with Gasteiger partial charge in [0.2, 0.25) is 5.95 Å². The average molecular weight is 427 g/mol. The van der Waals surface area contributed by atoms with Crippen molar-refractivity contribution in [3.05, 3.63) is 30.3 Å². The van der Waals surface area contributed by atoms with Crippen LogP contribution in [0, 0.1) is 11.7 Å². The normalized spacial score (nSPS) is 21.8. The third-order valence-electron chi connectivity index (χ3n) is 6.73. The molecule has 3 heterocycles. The molecule has 2 N–H and O–H groups in total. The van der Waals surface area contributed by atoms with E-state index in [4.69, 9.17) is 10.5 Å². The van der Waals surface area contributed by atoms with Crippen LogP contribution in [-0.4, -0.2) is 73.9 Å². The molecule has 3 fully saturated rings. The number of halogens is 1. The molecule has 166 valence electrons. The van der Waals surface area contributed by atoms with Crippen molar-refractivity contribution in [3.8, 4) is 11.1 Å². The fraction of sp³-hybridized carbons (Fsp3) is 0.565. The number of nitrogens with zero attached hydrogens (tertiary/aromatic N) is 5. The van der Waals surface area contributed by atoms with Crippen LogP contribution in [0.2, 0.25) is 0 Å². The van der Waals surface area contributed by atoms with Gasteiger partial charge in [0.25, 0.3) is 0 Å². The monoisotopic (exact) mass is 426 g/mol. The minimum atomic E-state index is -0.290. The fourth-order valence-electron chi connectivity index (χ4n) is 4.64. The molecule has 0 spiro atoms. The molecule has 0 amide bonds. The molecule has 2 aromatic rings. The Hall–Kier alpha value is -2.45. The molecule has 5 rings (SSSR count). The first-order chi connectivity index (χ1) is 15.1. The Kier molecular flexibility index (Phi) is 5.67. The van der Waals surface area contributed by atoms with E-state index >= 15 is 4.39 Å². The van der Waals surface area contributed by atoms with Crippen LogP contribution >= 0.6 is 0 Å². The highest BCUT2D eigenvalue weighted by molar-refractivity contribution is 5.77. The van der Waals surface area contributed by atoms with Crippen molar-refractivity contribution in [3.63, 3.8) is 0 Å². The molecule has 1 saturated carbocycles. The number of morpholine rings is 1. The van der Waals surface area contributed by atoms with E-state index in [2.05, 4.69) is 31.7 Å². The topological polar surface area (TPSA) is 70.8 Å². The molecule has 0 radical (unpaired) electrons. The second-order valence-corrected chi connectivity index (χ2v) is 9.03. The Morgan fingerprint density at radius 1 is 1.10 bits per heavy atom.